The quantitative estimate of drug-likeness (QED) is 0.319. The average molecular weight is 344 g/mol. The van der Waals surface area contributed by atoms with Crippen LogP contribution in [0.25, 0.3) is 0 Å². The molecular weight excluding hydrogens is 312 g/mol. The van der Waals surface area contributed by atoms with Crippen molar-refractivity contribution in [1.29, 1.82) is 0 Å². The Kier molecular flexibility index (Phi) is 9.73. The summed E-state index contributed by atoms with van der Waals surface area (Å²) in [5.41, 5.74) is 0.202. The first-order chi connectivity index (χ1) is 11.4. The molecule has 6 heteroatoms. The van der Waals surface area contributed by atoms with Crippen LogP contribution in [0.2, 0.25) is 0 Å². The van der Waals surface area contributed by atoms with E-state index in [1.807, 2.05) is 0 Å². The monoisotopic (exact) mass is 344 g/mol. The second-order valence-corrected chi connectivity index (χ2v) is 6.49. The molecule has 0 radical (unpaired) electrons. The zero-order valence-corrected chi connectivity index (χ0v) is 14.4. The van der Waals surface area contributed by atoms with Crippen LogP contribution in [0.15, 0.2) is 23.3 Å². The van der Waals surface area contributed by atoms with Crippen molar-refractivity contribution in [2.24, 2.45) is 0 Å². The topological polar surface area (TPSA) is 121 Å². The standard InChI is InChI=1S/C18H32O6/c1-2-3-4-5-6-7-8-12(20)9-10-13-14(11-19)16(22)18(24)17(23)15(13)21/h9-10,12,15-24H,2-8,11H2,1H3/b10-9+/t12-,15-,16-,17+,18+/m1/s1. The van der Waals surface area contributed by atoms with Crippen molar-refractivity contribution in [3.63, 3.8) is 0 Å². The molecule has 0 heterocycles. The van der Waals surface area contributed by atoms with Crippen molar-refractivity contribution in [3.05, 3.63) is 23.3 Å². The summed E-state index contributed by atoms with van der Waals surface area (Å²) in [6.45, 7) is 1.62. The molecule has 140 valence electrons. The Balaban J connectivity index is 2.58. The highest BCUT2D eigenvalue weighted by atomic mass is 16.4. The van der Waals surface area contributed by atoms with Crippen LogP contribution in [-0.2, 0) is 0 Å². The maximum absolute atomic E-state index is 10.0. The number of rotatable bonds is 10. The van der Waals surface area contributed by atoms with Crippen molar-refractivity contribution in [2.75, 3.05) is 6.61 Å². The molecule has 1 aliphatic rings. The molecule has 0 saturated heterocycles. The van der Waals surface area contributed by atoms with Gasteiger partial charge in [-0.05, 0) is 17.6 Å². The summed E-state index contributed by atoms with van der Waals surface area (Å²) in [5.74, 6) is 0. The lowest BCUT2D eigenvalue weighted by Gasteiger charge is -2.35. The largest absolute Gasteiger partial charge is 0.392 e. The predicted octanol–water partition coefficient (Wildman–Crippen LogP) is 0.400. The second-order valence-electron chi connectivity index (χ2n) is 6.49. The van der Waals surface area contributed by atoms with Gasteiger partial charge in [0.05, 0.1) is 12.7 Å². The van der Waals surface area contributed by atoms with Gasteiger partial charge in [0.1, 0.15) is 24.4 Å². The number of aliphatic hydroxyl groups excluding tert-OH is 6. The highest BCUT2D eigenvalue weighted by Gasteiger charge is 2.40. The minimum absolute atomic E-state index is 0.0586. The van der Waals surface area contributed by atoms with Crippen LogP contribution in [0.1, 0.15) is 51.9 Å². The first-order valence-electron chi connectivity index (χ1n) is 8.86. The molecule has 24 heavy (non-hydrogen) atoms. The Bertz CT molecular complexity index is 420. The summed E-state index contributed by atoms with van der Waals surface area (Å²) < 4.78 is 0. The van der Waals surface area contributed by atoms with E-state index in [2.05, 4.69) is 6.92 Å². The summed E-state index contributed by atoms with van der Waals surface area (Å²) >= 11 is 0. The van der Waals surface area contributed by atoms with Crippen LogP contribution in [-0.4, -0.2) is 67.8 Å². The summed E-state index contributed by atoms with van der Waals surface area (Å²) in [6.07, 6.45) is 3.59. The van der Waals surface area contributed by atoms with E-state index >= 15 is 0 Å². The number of aliphatic hydroxyl groups is 6. The van der Waals surface area contributed by atoms with Crippen molar-refractivity contribution in [2.45, 2.75) is 82.4 Å². The van der Waals surface area contributed by atoms with E-state index in [0.717, 1.165) is 19.3 Å². The summed E-state index contributed by atoms with van der Waals surface area (Å²) in [4.78, 5) is 0. The van der Waals surface area contributed by atoms with Gasteiger partial charge in [0.2, 0.25) is 0 Å². The maximum Gasteiger partial charge on any atom is 0.113 e. The lowest BCUT2D eigenvalue weighted by Crippen LogP contribution is -2.51. The molecule has 6 nitrogen and oxygen atoms in total. The van der Waals surface area contributed by atoms with Gasteiger partial charge in [-0.3, -0.25) is 0 Å². The third-order valence-electron chi connectivity index (χ3n) is 4.57. The van der Waals surface area contributed by atoms with Crippen molar-refractivity contribution < 1.29 is 30.6 Å². The average Bonchev–Trinajstić information content (AvgIpc) is 2.58. The lowest BCUT2D eigenvalue weighted by molar-refractivity contribution is -0.0979. The molecule has 1 rings (SSSR count). The first-order valence-corrected chi connectivity index (χ1v) is 8.86. The van der Waals surface area contributed by atoms with Gasteiger partial charge in [-0.15, -0.1) is 0 Å². The van der Waals surface area contributed by atoms with Crippen LogP contribution in [0, 0.1) is 0 Å². The Morgan fingerprint density at radius 1 is 0.917 bits per heavy atom. The van der Waals surface area contributed by atoms with Gasteiger partial charge in [0.15, 0.2) is 0 Å². The van der Waals surface area contributed by atoms with Gasteiger partial charge in [0, 0.05) is 0 Å². The lowest BCUT2D eigenvalue weighted by atomic mass is 9.83. The summed E-state index contributed by atoms with van der Waals surface area (Å²) in [5, 5.41) is 58.6. The Hall–Kier alpha value is -0.760. The molecule has 0 unspecified atom stereocenters. The first kappa shape index (κ1) is 21.3. The van der Waals surface area contributed by atoms with E-state index in [-0.39, 0.29) is 11.1 Å². The van der Waals surface area contributed by atoms with Crippen LogP contribution < -0.4 is 0 Å². The SMILES string of the molecule is CCCCCCCC[C@@H](O)/C=C/C1=C(CO)[C@@H](O)[C@H](O)[C@@H](O)[C@@H]1O. The molecule has 0 amide bonds. The van der Waals surface area contributed by atoms with Gasteiger partial charge >= 0.3 is 0 Å². The number of unbranched alkanes of at least 4 members (excludes halogenated alkanes) is 5. The molecule has 0 aromatic heterocycles. The zero-order valence-electron chi connectivity index (χ0n) is 14.4. The second kappa shape index (κ2) is 11.0. The fourth-order valence-corrected chi connectivity index (χ4v) is 2.96. The third-order valence-corrected chi connectivity index (χ3v) is 4.57. The fourth-order valence-electron chi connectivity index (χ4n) is 2.96. The highest BCUT2D eigenvalue weighted by molar-refractivity contribution is 5.37. The number of hydrogen-bond donors (Lipinski definition) is 6. The van der Waals surface area contributed by atoms with Crippen molar-refractivity contribution >= 4 is 0 Å². The Morgan fingerprint density at radius 2 is 1.50 bits per heavy atom. The van der Waals surface area contributed by atoms with E-state index in [9.17, 15) is 30.6 Å². The van der Waals surface area contributed by atoms with Gasteiger partial charge in [-0.25, -0.2) is 0 Å². The van der Waals surface area contributed by atoms with Gasteiger partial charge in [-0.1, -0.05) is 57.6 Å². The molecule has 6 N–H and O–H groups in total. The predicted molar refractivity (Wildman–Crippen MR) is 91.3 cm³/mol. The highest BCUT2D eigenvalue weighted by Crippen LogP contribution is 2.27. The molecule has 0 saturated carbocycles. The van der Waals surface area contributed by atoms with E-state index < -0.39 is 37.1 Å². The van der Waals surface area contributed by atoms with Gasteiger partial charge in [-0.2, -0.15) is 0 Å². The molecular formula is C18H32O6. The van der Waals surface area contributed by atoms with E-state index in [4.69, 9.17) is 0 Å². The van der Waals surface area contributed by atoms with Crippen LogP contribution >= 0.6 is 0 Å². The van der Waals surface area contributed by atoms with Gasteiger partial charge < -0.3 is 30.6 Å². The van der Waals surface area contributed by atoms with Crippen molar-refractivity contribution in [3.8, 4) is 0 Å². The summed E-state index contributed by atoms with van der Waals surface area (Å²) in [7, 11) is 0. The van der Waals surface area contributed by atoms with Gasteiger partial charge in [0.25, 0.3) is 0 Å². The molecule has 0 aromatic carbocycles. The molecule has 0 aromatic rings. The molecule has 0 fully saturated rings. The maximum atomic E-state index is 10.0. The smallest absolute Gasteiger partial charge is 0.113 e. The zero-order chi connectivity index (χ0) is 18.1. The molecule has 0 spiro atoms. The molecule has 0 aliphatic heterocycles. The van der Waals surface area contributed by atoms with Crippen molar-refractivity contribution in [1.82, 2.24) is 0 Å². The molecule has 0 bridgehead atoms. The van der Waals surface area contributed by atoms with E-state index in [1.165, 1.54) is 31.4 Å². The van der Waals surface area contributed by atoms with Crippen LogP contribution in [0.3, 0.4) is 0 Å². The third kappa shape index (κ3) is 5.95. The Labute approximate surface area is 143 Å². The van der Waals surface area contributed by atoms with E-state index in [1.54, 1.807) is 0 Å². The summed E-state index contributed by atoms with van der Waals surface area (Å²) in [6, 6.07) is 0. The minimum atomic E-state index is -1.55. The van der Waals surface area contributed by atoms with E-state index in [0.29, 0.717) is 6.42 Å². The normalized spacial score (nSPS) is 29.5. The Morgan fingerprint density at radius 3 is 2.12 bits per heavy atom. The van der Waals surface area contributed by atoms with Crippen LogP contribution in [0.5, 0.6) is 0 Å². The van der Waals surface area contributed by atoms with Crippen LogP contribution in [0.4, 0.5) is 0 Å². The molecule has 5 atom stereocenters. The minimum Gasteiger partial charge on any atom is -0.392 e. The number of hydrogen-bond acceptors (Lipinski definition) is 6. The molecule has 1 aliphatic carbocycles. The fraction of sp³-hybridized carbons (Fsp3) is 0.778.